The first-order valence-corrected chi connectivity index (χ1v) is 5.87. The molecule has 2 bridgehead atoms. The van der Waals surface area contributed by atoms with Crippen LogP contribution in [0.25, 0.3) is 0 Å². The number of ether oxygens (including phenoxy) is 1. The van der Waals surface area contributed by atoms with Gasteiger partial charge in [-0.3, -0.25) is 11.1 Å². The second kappa shape index (κ2) is 5.34. The van der Waals surface area contributed by atoms with Gasteiger partial charge in [-0.1, -0.05) is 19.3 Å². The third-order valence-corrected chi connectivity index (χ3v) is 4.08. The van der Waals surface area contributed by atoms with E-state index in [-0.39, 0.29) is 16.8 Å². The van der Waals surface area contributed by atoms with Crippen LogP contribution in [0.3, 0.4) is 0 Å². The van der Waals surface area contributed by atoms with Crippen LogP contribution >= 0.6 is 0 Å². The zero-order valence-corrected chi connectivity index (χ0v) is 10.7. The number of esters is 1. The van der Waals surface area contributed by atoms with Gasteiger partial charge < -0.3 is 9.53 Å². The summed E-state index contributed by atoms with van der Waals surface area (Å²) in [4.78, 5) is 22.5. The summed E-state index contributed by atoms with van der Waals surface area (Å²) < 4.78 is 12.9. The molecule has 0 heterocycles. The number of rotatable bonds is 2. The zero-order valence-electron chi connectivity index (χ0n) is 9.18. The summed E-state index contributed by atoms with van der Waals surface area (Å²) in [6.07, 6.45) is 7.01. The SMILES string of the molecule is COC(=O)C12CCC([C-]=O)(CC1)CC2.[O]=[Ag]. The molecule has 0 atom stereocenters. The molecule has 5 heteroatoms. The topological polar surface area (TPSA) is 60.4 Å². The van der Waals surface area contributed by atoms with Crippen LogP contribution in [-0.2, 0) is 38.6 Å². The first-order chi connectivity index (χ1) is 7.66. The molecule has 3 saturated carbocycles. The van der Waals surface area contributed by atoms with Gasteiger partial charge in [0.25, 0.3) is 0 Å². The van der Waals surface area contributed by atoms with E-state index in [1.54, 1.807) is 21.0 Å². The van der Waals surface area contributed by atoms with Gasteiger partial charge in [0, 0.05) is 0 Å². The van der Waals surface area contributed by atoms with Crippen LogP contribution in [-0.4, -0.2) is 19.4 Å². The van der Waals surface area contributed by atoms with E-state index in [2.05, 4.69) is 6.29 Å². The quantitative estimate of drug-likeness (QED) is 0.439. The van der Waals surface area contributed by atoms with Gasteiger partial charge in [0.05, 0.1) is 12.5 Å². The molecule has 0 N–H and O–H groups in total. The van der Waals surface area contributed by atoms with Crippen LogP contribution in [0, 0.1) is 10.8 Å². The Morgan fingerprint density at radius 1 is 1.12 bits per heavy atom. The Morgan fingerprint density at radius 3 is 1.88 bits per heavy atom. The molecule has 3 fully saturated rings. The Bertz CT molecular complexity index is 265. The van der Waals surface area contributed by atoms with Crippen LogP contribution in [0.1, 0.15) is 38.5 Å². The van der Waals surface area contributed by atoms with Gasteiger partial charge in [0.15, 0.2) is 0 Å². The van der Waals surface area contributed by atoms with Gasteiger partial charge >= 0.3 is 30.3 Å². The summed E-state index contributed by atoms with van der Waals surface area (Å²) in [5.74, 6) is -0.0864. The summed E-state index contributed by atoms with van der Waals surface area (Å²) in [5.41, 5.74) is -0.497. The van der Waals surface area contributed by atoms with E-state index < -0.39 is 0 Å². The maximum atomic E-state index is 11.6. The van der Waals surface area contributed by atoms with Gasteiger partial charge in [0.1, 0.15) is 0 Å². The van der Waals surface area contributed by atoms with E-state index in [1.807, 2.05) is 0 Å². The predicted molar refractivity (Wildman–Crippen MR) is 51.0 cm³/mol. The molecule has 0 amide bonds. The summed E-state index contributed by atoms with van der Waals surface area (Å²) in [6, 6.07) is 0. The Morgan fingerprint density at radius 2 is 1.56 bits per heavy atom. The van der Waals surface area contributed by atoms with Gasteiger partial charge in [-0.15, -0.1) is 5.41 Å². The molecule has 16 heavy (non-hydrogen) atoms. The monoisotopic (exact) mass is 318 g/mol. The molecule has 0 saturated heterocycles. The summed E-state index contributed by atoms with van der Waals surface area (Å²) in [5, 5.41) is 0. The molecule has 0 aliphatic heterocycles. The molecule has 3 aliphatic carbocycles. The molecule has 3 rings (SSSR count). The molecule has 4 nitrogen and oxygen atoms in total. The maximum absolute atomic E-state index is 11.6. The average molecular weight is 319 g/mol. The number of fused-ring (bicyclic) bond motifs is 3. The number of hydrogen-bond donors (Lipinski definition) is 0. The molecule has 0 aromatic heterocycles. The normalized spacial score (nSPS) is 35.9. The van der Waals surface area contributed by atoms with Crippen molar-refractivity contribution in [3.8, 4) is 0 Å². The van der Waals surface area contributed by atoms with Crippen LogP contribution in [0.4, 0.5) is 0 Å². The molecule has 0 radical (unpaired) electrons. The van der Waals surface area contributed by atoms with Crippen molar-refractivity contribution in [2.24, 2.45) is 10.8 Å². The molecular formula is C11H15AgO4-. The Labute approximate surface area is 107 Å². The van der Waals surface area contributed by atoms with Crippen LogP contribution in [0.5, 0.6) is 0 Å². The van der Waals surface area contributed by atoms with Gasteiger partial charge in [-0.05, 0) is 19.3 Å². The molecular weight excluding hydrogens is 304 g/mol. The van der Waals surface area contributed by atoms with Crippen molar-refractivity contribution in [2.75, 3.05) is 7.11 Å². The van der Waals surface area contributed by atoms with Crippen molar-refractivity contribution in [2.45, 2.75) is 38.5 Å². The van der Waals surface area contributed by atoms with E-state index >= 15 is 0 Å². The van der Waals surface area contributed by atoms with E-state index in [4.69, 9.17) is 7.99 Å². The second-order valence-corrected chi connectivity index (χ2v) is 4.65. The fourth-order valence-electron chi connectivity index (χ4n) is 2.86. The fraction of sp³-hybridized carbons (Fsp3) is 0.818. The third kappa shape index (κ3) is 2.19. The molecule has 0 aromatic rings. The van der Waals surface area contributed by atoms with E-state index in [9.17, 15) is 9.59 Å². The predicted octanol–water partition coefficient (Wildman–Crippen LogP) is 1.49. The number of hydrogen-bond acceptors (Lipinski definition) is 4. The van der Waals surface area contributed by atoms with E-state index in [0.29, 0.717) is 0 Å². The van der Waals surface area contributed by atoms with Crippen molar-refractivity contribution in [3.63, 3.8) is 0 Å². The van der Waals surface area contributed by atoms with Crippen LogP contribution in [0.2, 0.25) is 0 Å². The Kier molecular flexibility index (Phi) is 4.59. The number of carbonyl (C=O) groups excluding carboxylic acids is 2. The third-order valence-electron chi connectivity index (χ3n) is 4.08. The first kappa shape index (κ1) is 13.7. The van der Waals surface area contributed by atoms with Crippen molar-refractivity contribution in [1.82, 2.24) is 0 Å². The van der Waals surface area contributed by atoms with Crippen molar-refractivity contribution in [3.05, 3.63) is 0 Å². The summed E-state index contributed by atoms with van der Waals surface area (Å²) >= 11 is 1.70. The minimum atomic E-state index is -0.270. The summed E-state index contributed by atoms with van der Waals surface area (Å²) in [6.45, 7) is 0. The number of methoxy groups -OCH3 is 1. The summed E-state index contributed by atoms with van der Waals surface area (Å²) in [7, 11) is 1.44. The zero-order chi connectivity index (χ0) is 12.2. The standard InChI is InChI=1S/C11H15O3.Ag.O/c1-14-9(13)11-5-2-10(8-12,3-6-11)4-7-11;;/h2-7H2,1H3;;/q-1;;. The molecule has 95 valence electrons. The van der Waals surface area contributed by atoms with E-state index in [0.717, 1.165) is 38.5 Å². The molecule has 0 unspecified atom stereocenters. The fourth-order valence-corrected chi connectivity index (χ4v) is 2.86. The van der Waals surface area contributed by atoms with Gasteiger partial charge in [-0.2, -0.15) is 0 Å². The van der Waals surface area contributed by atoms with Crippen molar-refractivity contribution >= 4 is 12.3 Å². The number of carbonyl (C=O) groups is 1. The first-order valence-electron chi connectivity index (χ1n) is 5.27. The van der Waals surface area contributed by atoms with Crippen molar-refractivity contribution < 1.29 is 38.6 Å². The molecule has 3 aliphatic rings. The average Bonchev–Trinajstić information content (AvgIpc) is 2.42. The van der Waals surface area contributed by atoms with Crippen LogP contribution < -0.4 is 0 Å². The van der Waals surface area contributed by atoms with Gasteiger partial charge in [0.2, 0.25) is 0 Å². The minimum absolute atomic E-state index is 0.0864. The van der Waals surface area contributed by atoms with Gasteiger partial charge in [-0.25, -0.2) is 0 Å². The van der Waals surface area contributed by atoms with E-state index in [1.165, 1.54) is 7.11 Å². The molecule has 0 aromatic carbocycles. The second-order valence-electron chi connectivity index (χ2n) is 4.65. The Balaban J connectivity index is 0.000000606. The van der Waals surface area contributed by atoms with Crippen LogP contribution in [0.15, 0.2) is 0 Å². The molecule has 0 spiro atoms. The van der Waals surface area contributed by atoms with Crippen molar-refractivity contribution in [1.29, 1.82) is 0 Å². The Hall–Kier alpha value is -0.320.